The second-order valence-corrected chi connectivity index (χ2v) is 6.69. The molecular weight excluding hydrogens is 328 g/mol. The number of hydrogen-bond acceptors (Lipinski definition) is 6. The molecule has 2 N–H and O–H groups in total. The number of nitrogens with one attached hydrogen (secondary N) is 2. The van der Waals surface area contributed by atoms with Gasteiger partial charge < -0.3 is 20.4 Å². The molecule has 1 fully saturated rings. The first kappa shape index (κ1) is 18.1. The quantitative estimate of drug-likeness (QED) is 0.793. The van der Waals surface area contributed by atoms with Gasteiger partial charge >= 0.3 is 0 Å². The summed E-state index contributed by atoms with van der Waals surface area (Å²) in [5.74, 6) is 0.223. The van der Waals surface area contributed by atoms with Crippen LogP contribution in [0.1, 0.15) is 23.3 Å². The van der Waals surface area contributed by atoms with Gasteiger partial charge in [0.2, 0.25) is 5.95 Å². The molecule has 26 heavy (non-hydrogen) atoms. The molecule has 1 aromatic carbocycles. The standard InChI is InChI=1S/C19H26N6O/c1-24(2)14-11-20-18(26)17-9-10-21-19(23-17)22-15-5-7-16(8-6-15)25-12-3-4-13-25/h5-10H,3-4,11-14H2,1-2H3,(H,20,26)(H,21,22,23). The number of nitrogens with zero attached hydrogens (tertiary/aromatic N) is 4. The Morgan fingerprint density at radius 3 is 2.58 bits per heavy atom. The van der Waals surface area contributed by atoms with Crippen molar-refractivity contribution in [3.63, 3.8) is 0 Å². The number of rotatable bonds is 7. The molecule has 1 aromatic heterocycles. The maximum atomic E-state index is 12.2. The van der Waals surface area contributed by atoms with Crippen LogP contribution in [0.3, 0.4) is 0 Å². The van der Waals surface area contributed by atoms with Crippen molar-refractivity contribution in [3.05, 3.63) is 42.2 Å². The molecule has 0 bridgehead atoms. The maximum Gasteiger partial charge on any atom is 0.270 e. The van der Waals surface area contributed by atoms with Crippen molar-refractivity contribution in [3.8, 4) is 0 Å². The number of anilines is 3. The summed E-state index contributed by atoms with van der Waals surface area (Å²) in [7, 11) is 3.93. The Labute approximate surface area is 154 Å². The van der Waals surface area contributed by atoms with Crippen LogP contribution in [0.25, 0.3) is 0 Å². The fraction of sp³-hybridized carbons (Fsp3) is 0.421. The number of benzene rings is 1. The van der Waals surface area contributed by atoms with Crippen LogP contribution in [0.4, 0.5) is 17.3 Å². The molecule has 2 aromatic rings. The monoisotopic (exact) mass is 354 g/mol. The smallest absolute Gasteiger partial charge is 0.270 e. The van der Waals surface area contributed by atoms with Crippen molar-refractivity contribution in [2.24, 2.45) is 0 Å². The molecule has 1 aliphatic heterocycles. The van der Waals surface area contributed by atoms with Gasteiger partial charge in [-0.2, -0.15) is 0 Å². The summed E-state index contributed by atoms with van der Waals surface area (Å²) in [6.45, 7) is 3.61. The minimum atomic E-state index is -0.193. The van der Waals surface area contributed by atoms with E-state index in [2.05, 4.69) is 37.6 Å². The van der Waals surface area contributed by atoms with E-state index in [0.717, 1.165) is 25.3 Å². The van der Waals surface area contributed by atoms with Crippen LogP contribution in [0, 0.1) is 0 Å². The van der Waals surface area contributed by atoms with Crippen molar-refractivity contribution < 1.29 is 4.79 Å². The Morgan fingerprint density at radius 2 is 1.88 bits per heavy atom. The zero-order chi connectivity index (χ0) is 18.4. The fourth-order valence-corrected chi connectivity index (χ4v) is 2.89. The molecule has 0 saturated carbocycles. The normalized spacial score (nSPS) is 13.9. The SMILES string of the molecule is CN(C)CCNC(=O)c1ccnc(Nc2ccc(N3CCCC3)cc2)n1. The molecular formula is C19H26N6O. The average molecular weight is 354 g/mol. The summed E-state index contributed by atoms with van der Waals surface area (Å²) >= 11 is 0. The third kappa shape index (κ3) is 4.92. The second-order valence-electron chi connectivity index (χ2n) is 6.69. The highest BCUT2D eigenvalue weighted by molar-refractivity contribution is 5.92. The van der Waals surface area contributed by atoms with Crippen LogP contribution >= 0.6 is 0 Å². The van der Waals surface area contributed by atoms with Crippen molar-refractivity contribution in [2.45, 2.75) is 12.8 Å². The van der Waals surface area contributed by atoms with Gasteiger partial charge in [-0.1, -0.05) is 0 Å². The summed E-state index contributed by atoms with van der Waals surface area (Å²) in [5.41, 5.74) is 2.50. The van der Waals surface area contributed by atoms with Crippen molar-refractivity contribution >= 4 is 23.2 Å². The van der Waals surface area contributed by atoms with E-state index in [0.29, 0.717) is 18.2 Å². The summed E-state index contributed by atoms with van der Waals surface area (Å²) in [6.07, 6.45) is 4.11. The molecule has 2 heterocycles. The lowest BCUT2D eigenvalue weighted by molar-refractivity contribution is 0.0946. The summed E-state index contributed by atoms with van der Waals surface area (Å²) in [5, 5.41) is 6.02. The van der Waals surface area contributed by atoms with Gasteiger partial charge in [-0.15, -0.1) is 0 Å². The third-order valence-corrected chi connectivity index (χ3v) is 4.33. The molecule has 1 aliphatic rings. The fourth-order valence-electron chi connectivity index (χ4n) is 2.89. The van der Waals surface area contributed by atoms with Crippen LogP contribution in [0.2, 0.25) is 0 Å². The molecule has 0 spiro atoms. The number of likely N-dealkylation sites (N-methyl/N-ethyl adjacent to an activating group) is 1. The Bertz CT molecular complexity index is 725. The van der Waals surface area contributed by atoms with Gasteiger partial charge in [0, 0.05) is 43.8 Å². The van der Waals surface area contributed by atoms with Gasteiger partial charge in [-0.3, -0.25) is 4.79 Å². The Morgan fingerprint density at radius 1 is 1.15 bits per heavy atom. The van der Waals surface area contributed by atoms with Crippen LogP contribution < -0.4 is 15.5 Å². The summed E-state index contributed by atoms with van der Waals surface area (Å²) < 4.78 is 0. The number of aromatic nitrogens is 2. The Balaban J connectivity index is 1.60. The van der Waals surface area contributed by atoms with Crippen molar-refractivity contribution in [1.29, 1.82) is 0 Å². The molecule has 3 rings (SSSR count). The molecule has 138 valence electrons. The number of hydrogen-bond donors (Lipinski definition) is 2. The minimum Gasteiger partial charge on any atom is -0.372 e. The van der Waals surface area contributed by atoms with Crippen LogP contribution in [-0.4, -0.2) is 61.0 Å². The molecule has 1 amide bonds. The lowest BCUT2D eigenvalue weighted by Gasteiger charge is -2.17. The highest BCUT2D eigenvalue weighted by Gasteiger charge is 2.12. The number of carbonyl (C=O) groups is 1. The topological polar surface area (TPSA) is 73.4 Å². The lowest BCUT2D eigenvalue weighted by atomic mass is 10.2. The van der Waals surface area contributed by atoms with E-state index in [1.807, 2.05) is 31.1 Å². The minimum absolute atomic E-state index is 0.193. The Hall–Kier alpha value is -2.67. The van der Waals surface area contributed by atoms with E-state index in [4.69, 9.17) is 0 Å². The van der Waals surface area contributed by atoms with Gasteiger partial charge in [0.15, 0.2) is 0 Å². The predicted octanol–water partition coefficient (Wildman–Crippen LogP) is 2.11. The maximum absolute atomic E-state index is 12.2. The van der Waals surface area contributed by atoms with E-state index < -0.39 is 0 Å². The van der Waals surface area contributed by atoms with E-state index in [9.17, 15) is 4.79 Å². The highest BCUT2D eigenvalue weighted by Crippen LogP contribution is 2.23. The van der Waals surface area contributed by atoms with Gasteiger partial charge in [-0.05, 0) is 57.3 Å². The van der Waals surface area contributed by atoms with Crippen LogP contribution in [0.5, 0.6) is 0 Å². The molecule has 0 aliphatic carbocycles. The number of amides is 1. The van der Waals surface area contributed by atoms with E-state index in [1.54, 1.807) is 12.3 Å². The summed E-state index contributed by atoms with van der Waals surface area (Å²) in [6, 6.07) is 9.85. The van der Waals surface area contributed by atoms with Gasteiger partial charge in [-0.25, -0.2) is 9.97 Å². The molecule has 7 nitrogen and oxygen atoms in total. The molecule has 0 atom stereocenters. The first-order valence-corrected chi connectivity index (χ1v) is 9.00. The van der Waals surface area contributed by atoms with E-state index in [1.165, 1.54) is 18.5 Å². The molecule has 0 unspecified atom stereocenters. The first-order valence-electron chi connectivity index (χ1n) is 9.00. The third-order valence-electron chi connectivity index (χ3n) is 4.33. The van der Waals surface area contributed by atoms with Gasteiger partial charge in [0.25, 0.3) is 5.91 Å². The van der Waals surface area contributed by atoms with E-state index >= 15 is 0 Å². The van der Waals surface area contributed by atoms with Crippen molar-refractivity contribution in [2.75, 3.05) is 50.5 Å². The van der Waals surface area contributed by atoms with Crippen LogP contribution in [0.15, 0.2) is 36.5 Å². The zero-order valence-electron chi connectivity index (χ0n) is 15.4. The van der Waals surface area contributed by atoms with Crippen molar-refractivity contribution in [1.82, 2.24) is 20.2 Å². The largest absolute Gasteiger partial charge is 0.372 e. The lowest BCUT2D eigenvalue weighted by Crippen LogP contribution is -2.31. The number of carbonyl (C=O) groups excluding carboxylic acids is 1. The highest BCUT2D eigenvalue weighted by atomic mass is 16.1. The first-order chi connectivity index (χ1) is 12.6. The van der Waals surface area contributed by atoms with Gasteiger partial charge in [0.05, 0.1) is 0 Å². The van der Waals surface area contributed by atoms with E-state index in [-0.39, 0.29) is 5.91 Å². The molecule has 0 radical (unpaired) electrons. The second kappa shape index (κ2) is 8.62. The van der Waals surface area contributed by atoms with Gasteiger partial charge in [0.1, 0.15) is 5.69 Å². The molecule has 7 heteroatoms. The summed E-state index contributed by atoms with van der Waals surface area (Å²) in [4.78, 5) is 25.1. The van der Waals surface area contributed by atoms with Crippen LogP contribution in [-0.2, 0) is 0 Å². The average Bonchev–Trinajstić information content (AvgIpc) is 3.17. The zero-order valence-corrected chi connectivity index (χ0v) is 15.4. The molecule has 1 saturated heterocycles. The predicted molar refractivity (Wildman–Crippen MR) is 104 cm³/mol. The Kier molecular flexibility index (Phi) is 6.01.